The molecule has 0 radical (unpaired) electrons. The number of rotatable bonds is 3. The number of amides is 1. The minimum Gasteiger partial charge on any atom is -0.431 e. The number of ether oxygens (including phenoxy) is 1. The van der Waals surface area contributed by atoms with Gasteiger partial charge in [0.15, 0.2) is 0 Å². The molecule has 2 atom stereocenters. The first-order valence-electron chi connectivity index (χ1n) is 9.63. The van der Waals surface area contributed by atoms with E-state index in [9.17, 15) is 18.0 Å². The van der Waals surface area contributed by atoms with Gasteiger partial charge in [-0.3, -0.25) is 5.32 Å². The van der Waals surface area contributed by atoms with E-state index in [2.05, 4.69) is 42.1 Å². The lowest BCUT2D eigenvalue weighted by Crippen LogP contribution is -2.50. The first-order chi connectivity index (χ1) is 14.3. The summed E-state index contributed by atoms with van der Waals surface area (Å²) in [6.45, 7) is 6.22. The van der Waals surface area contributed by atoms with E-state index in [-0.39, 0.29) is 22.8 Å². The lowest BCUT2D eigenvalue weighted by Gasteiger charge is -2.34. The number of carbonyl (C=O) groups excluding carboxylic acids is 1. The summed E-state index contributed by atoms with van der Waals surface area (Å²) in [5.41, 5.74) is 0.734. The highest BCUT2D eigenvalue weighted by molar-refractivity contribution is 5.88. The molecule has 0 unspecified atom stereocenters. The molecular weight excluding hydrogens is 401 g/mol. The summed E-state index contributed by atoms with van der Waals surface area (Å²) < 4.78 is 45.4. The summed E-state index contributed by atoms with van der Waals surface area (Å²) in [6, 6.07) is 3.87. The predicted molar refractivity (Wildman–Crippen MR) is 103 cm³/mol. The van der Waals surface area contributed by atoms with E-state index in [1.165, 1.54) is 0 Å². The number of nitrogens with one attached hydrogen (secondary N) is 2. The summed E-state index contributed by atoms with van der Waals surface area (Å²) in [5.74, 6) is 0.443. The van der Waals surface area contributed by atoms with Crippen molar-refractivity contribution in [3.05, 3.63) is 29.6 Å². The zero-order valence-corrected chi connectivity index (χ0v) is 16.5. The largest absolute Gasteiger partial charge is 0.431 e. The van der Waals surface area contributed by atoms with Crippen molar-refractivity contribution in [2.24, 2.45) is 0 Å². The van der Waals surface area contributed by atoms with Gasteiger partial charge in [0, 0.05) is 25.7 Å². The molecule has 2 aliphatic rings. The highest BCUT2D eigenvalue weighted by Gasteiger charge is 2.49. The molecule has 0 spiro atoms. The van der Waals surface area contributed by atoms with Crippen molar-refractivity contribution < 1.29 is 22.7 Å². The molecule has 0 aromatic carbocycles. The van der Waals surface area contributed by atoms with E-state index in [0.717, 1.165) is 37.9 Å². The number of hydrogen-bond acceptors (Lipinski definition) is 7. The van der Waals surface area contributed by atoms with Crippen molar-refractivity contribution in [1.29, 1.82) is 0 Å². The lowest BCUT2D eigenvalue weighted by molar-refractivity contribution is -0.206. The van der Waals surface area contributed by atoms with Crippen molar-refractivity contribution in [3.63, 3.8) is 0 Å². The van der Waals surface area contributed by atoms with Crippen LogP contribution < -0.4 is 15.5 Å². The molecule has 2 aliphatic heterocycles. The maximum atomic E-state index is 13.6. The molecule has 2 aromatic heterocycles. The summed E-state index contributed by atoms with van der Waals surface area (Å²) >= 11 is 0. The number of aromatic nitrogens is 3. The van der Waals surface area contributed by atoms with Crippen LogP contribution in [0.3, 0.4) is 0 Å². The molecule has 0 saturated carbocycles. The van der Waals surface area contributed by atoms with Gasteiger partial charge in [-0.1, -0.05) is 6.92 Å². The van der Waals surface area contributed by atoms with Crippen LogP contribution in [0, 0.1) is 6.92 Å². The first-order valence-corrected chi connectivity index (χ1v) is 9.63. The molecule has 4 rings (SSSR count). The van der Waals surface area contributed by atoms with Gasteiger partial charge in [-0.15, -0.1) is 0 Å². The van der Waals surface area contributed by atoms with Gasteiger partial charge < -0.3 is 15.0 Å². The number of hydrogen-bond donors (Lipinski definition) is 2. The molecule has 2 aromatic rings. The molecule has 30 heavy (non-hydrogen) atoms. The third kappa shape index (κ3) is 3.89. The fourth-order valence-electron chi connectivity index (χ4n) is 3.71. The van der Waals surface area contributed by atoms with E-state index in [1.807, 2.05) is 13.0 Å². The number of aryl methyl sites for hydroxylation is 1. The van der Waals surface area contributed by atoms with Crippen LogP contribution in [0.25, 0.3) is 11.4 Å². The number of pyridine rings is 1. The standard InChI is InChI=1S/C19H21F3N6O2/c1-3-11-8-28(5-4-23-11)13-7-10(2)6-12(26-13)15-14-16(19(20,21)22)30-18(29)27-17(14)25-9-24-15/h6-7,9,11,16,23H,3-5,8H2,1-2H3,(H,24,25,27,29)/t11-,16+/m0/s1. The van der Waals surface area contributed by atoms with Gasteiger partial charge in [0.05, 0.1) is 11.3 Å². The zero-order chi connectivity index (χ0) is 21.5. The van der Waals surface area contributed by atoms with Crippen LogP contribution in [0.4, 0.5) is 29.6 Å². The fraction of sp³-hybridized carbons (Fsp3) is 0.474. The average molecular weight is 422 g/mol. The molecule has 0 aliphatic carbocycles. The normalized spacial score (nSPS) is 21.6. The summed E-state index contributed by atoms with van der Waals surface area (Å²) in [5, 5.41) is 5.64. The van der Waals surface area contributed by atoms with Crippen LogP contribution >= 0.6 is 0 Å². The Morgan fingerprint density at radius 2 is 2.10 bits per heavy atom. The quantitative estimate of drug-likeness (QED) is 0.785. The number of fused-ring (bicyclic) bond motifs is 1. The van der Waals surface area contributed by atoms with Gasteiger partial charge in [0.1, 0.15) is 23.7 Å². The minimum atomic E-state index is -4.81. The Morgan fingerprint density at radius 3 is 2.83 bits per heavy atom. The second-order valence-electron chi connectivity index (χ2n) is 7.33. The zero-order valence-electron chi connectivity index (χ0n) is 16.5. The van der Waals surface area contributed by atoms with Crippen LogP contribution in [0.5, 0.6) is 0 Å². The smallest absolute Gasteiger partial charge is 0.430 e. The maximum absolute atomic E-state index is 13.6. The summed E-state index contributed by atoms with van der Waals surface area (Å²) in [4.78, 5) is 26.2. The van der Waals surface area contributed by atoms with Gasteiger partial charge in [-0.2, -0.15) is 13.2 Å². The van der Waals surface area contributed by atoms with Crippen molar-refractivity contribution in [2.75, 3.05) is 29.9 Å². The van der Waals surface area contributed by atoms with Crippen molar-refractivity contribution >= 4 is 17.7 Å². The topological polar surface area (TPSA) is 92.3 Å². The molecule has 1 amide bonds. The predicted octanol–water partition coefficient (Wildman–Crippen LogP) is 3.20. The first kappa shape index (κ1) is 20.3. The molecule has 1 fully saturated rings. The SMILES string of the molecule is CC[C@H]1CN(c2cc(C)cc(-c3ncnc4c3[C@H](C(F)(F)F)OC(=O)N4)n2)CCN1. The van der Waals surface area contributed by atoms with Gasteiger partial charge >= 0.3 is 12.3 Å². The number of anilines is 2. The Bertz CT molecular complexity index is 968. The van der Waals surface area contributed by atoms with Crippen LogP contribution in [-0.2, 0) is 4.74 Å². The highest BCUT2D eigenvalue weighted by atomic mass is 19.4. The Hall–Kier alpha value is -2.95. The van der Waals surface area contributed by atoms with Crippen LogP contribution in [-0.4, -0.2) is 52.9 Å². The summed E-state index contributed by atoms with van der Waals surface area (Å²) in [7, 11) is 0. The summed E-state index contributed by atoms with van der Waals surface area (Å²) in [6.07, 6.45) is -6.43. The second kappa shape index (κ2) is 7.71. The van der Waals surface area contributed by atoms with E-state index < -0.39 is 18.4 Å². The molecule has 4 heterocycles. The van der Waals surface area contributed by atoms with Crippen molar-refractivity contribution in [3.8, 4) is 11.4 Å². The Labute approximate surface area is 170 Å². The monoisotopic (exact) mass is 422 g/mol. The van der Waals surface area contributed by atoms with Gasteiger partial charge in [-0.25, -0.2) is 19.7 Å². The van der Waals surface area contributed by atoms with Gasteiger partial charge in [-0.05, 0) is 31.0 Å². The van der Waals surface area contributed by atoms with Crippen LogP contribution in [0.2, 0.25) is 0 Å². The number of carbonyl (C=O) groups is 1. The second-order valence-corrected chi connectivity index (χ2v) is 7.33. The van der Waals surface area contributed by atoms with Crippen molar-refractivity contribution in [2.45, 2.75) is 38.6 Å². The van der Waals surface area contributed by atoms with Crippen LogP contribution in [0.1, 0.15) is 30.6 Å². The molecule has 2 N–H and O–H groups in total. The average Bonchev–Trinajstić information content (AvgIpc) is 2.71. The molecule has 1 saturated heterocycles. The Balaban J connectivity index is 1.80. The number of halogens is 3. The molecular formula is C19H21F3N6O2. The maximum Gasteiger partial charge on any atom is 0.430 e. The van der Waals surface area contributed by atoms with E-state index in [1.54, 1.807) is 6.07 Å². The third-order valence-electron chi connectivity index (χ3n) is 5.16. The number of cyclic esters (lactones) is 1. The van der Waals surface area contributed by atoms with E-state index in [4.69, 9.17) is 0 Å². The van der Waals surface area contributed by atoms with E-state index in [0.29, 0.717) is 11.9 Å². The number of alkyl halides is 3. The highest BCUT2D eigenvalue weighted by Crippen LogP contribution is 2.44. The molecule has 8 nitrogen and oxygen atoms in total. The lowest BCUT2D eigenvalue weighted by atomic mass is 10.0. The van der Waals surface area contributed by atoms with E-state index >= 15 is 0 Å². The number of nitrogens with zero attached hydrogens (tertiary/aromatic N) is 4. The third-order valence-corrected chi connectivity index (χ3v) is 5.16. The molecule has 0 bridgehead atoms. The Morgan fingerprint density at radius 1 is 1.30 bits per heavy atom. The van der Waals surface area contributed by atoms with Crippen molar-refractivity contribution in [1.82, 2.24) is 20.3 Å². The van der Waals surface area contributed by atoms with Crippen LogP contribution in [0.15, 0.2) is 18.5 Å². The minimum absolute atomic E-state index is 0.0190. The Kier molecular flexibility index (Phi) is 5.22. The molecule has 160 valence electrons. The number of piperazine rings is 1. The van der Waals surface area contributed by atoms with Gasteiger partial charge in [0.25, 0.3) is 0 Å². The fourth-order valence-corrected chi connectivity index (χ4v) is 3.71. The van der Waals surface area contributed by atoms with Gasteiger partial charge in [0.2, 0.25) is 6.10 Å². The molecule has 11 heteroatoms.